The van der Waals surface area contributed by atoms with Gasteiger partial charge < -0.3 is 10.6 Å². The van der Waals surface area contributed by atoms with Crippen molar-refractivity contribution in [3.05, 3.63) is 44.9 Å². The Bertz CT molecular complexity index is 733. The normalized spacial score (nSPS) is 13.6. The lowest BCUT2D eigenvalue weighted by atomic mass is 9.98. The van der Waals surface area contributed by atoms with Crippen LogP contribution in [-0.2, 0) is 31.3 Å². The molecule has 24 heavy (non-hydrogen) atoms. The summed E-state index contributed by atoms with van der Waals surface area (Å²) in [5.74, 6) is 0. The predicted octanol–water partition coefficient (Wildman–Crippen LogP) is 3.32. The van der Waals surface area contributed by atoms with Gasteiger partial charge in [-0.05, 0) is 36.0 Å². The van der Waals surface area contributed by atoms with E-state index in [1.165, 1.54) is 24.0 Å². The summed E-state index contributed by atoms with van der Waals surface area (Å²) in [7, 11) is 0. The van der Waals surface area contributed by atoms with Gasteiger partial charge in [0.1, 0.15) is 10.0 Å². The van der Waals surface area contributed by atoms with E-state index >= 15 is 0 Å². The van der Waals surface area contributed by atoms with Gasteiger partial charge >= 0.3 is 6.03 Å². The van der Waals surface area contributed by atoms with Crippen molar-refractivity contribution in [2.24, 2.45) is 0 Å². The SMILES string of the molecule is CC(C)(C)c1nnc(CNC(=O)NCc2ccc3c(c2)CCC3)s1. The van der Waals surface area contributed by atoms with Crippen molar-refractivity contribution in [3.63, 3.8) is 0 Å². The van der Waals surface area contributed by atoms with E-state index in [1.807, 2.05) is 0 Å². The molecule has 1 aliphatic rings. The summed E-state index contributed by atoms with van der Waals surface area (Å²) in [6.07, 6.45) is 3.58. The van der Waals surface area contributed by atoms with Crippen molar-refractivity contribution in [3.8, 4) is 0 Å². The van der Waals surface area contributed by atoms with Gasteiger partial charge in [-0.2, -0.15) is 0 Å². The smallest absolute Gasteiger partial charge is 0.315 e. The van der Waals surface area contributed by atoms with Crippen LogP contribution in [0.4, 0.5) is 4.79 Å². The lowest BCUT2D eigenvalue weighted by molar-refractivity contribution is 0.240. The lowest BCUT2D eigenvalue weighted by Crippen LogP contribution is -2.34. The van der Waals surface area contributed by atoms with Crippen LogP contribution in [0.1, 0.15) is 53.9 Å². The summed E-state index contributed by atoms with van der Waals surface area (Å²) in [6, 6.07) is 6.32. The molecule has 0 aliphatic heterocycles. The largest absolute Gasteiger partial charge is 0.334 e. The van der Waals surface area contributed by atoms with E-state index in [2.05, 4.69) is 59.8 Å². The first-order valence-electron chi connectivity index (χ1n) is 8.37. The number of nitrogens with one attached hydrogen (secondary N) is 2. The summed E-state index contributed by atoms with van der Waals surface area (Å²) in [6.45, 7) is 7.27. The molecule has 0 saturated carbocycles. The number of benzene rings is 1. The number of urea groups is 1. The summed E-state index contributed by atoms with van der Waals surface area (Å²) < 4.78 is 0. The van der Waals surface area contributed by atoms with Crippen LogP contribution < -0.4 is 10.6 Å². The van der Waals surface area contributed by atoms with Crippen LogP contribution in [0, 0.1) is 0 Å². The first-order valence-corrected chi connectivity index (χ1v) is 9.19. The molecule has 1 aromatic carbocycles. The highest BCUT2D eigenvalue weighted by Gasteiger charge is 2.19. The molecule has 0 atom stereocenters. The zero-order valence-corrected chi connectivity index (χ0v) is 15.3. The second kappa shape index (κ2) is 6.89. The van der Waals surface area contributed by atoms with Crippen molar-refractivity contribution in [1.82, 2.24) is 20.8 Å². The second-order valence-corrected chi connectivity index (χ2v) is 8.31. The monoisotopic (exact) mass is 344 g/mol. The van der Waals surface area contributed by atoms with Crippen LogP contribution in [0.25, 0.3) is 0 Å². The van der Waals surface area contributed by atoms with Crippen LogP contribution in [0.5, 0.6) is 0 Å². The van der Waals surface area contributed by atoms with Crippen molar-refractivity contribution < 1.29 is 4.79 Å². The van der Waals surface area contributed by atoms with Crippen LogP contribution in [0.2, 0.25) is 0 Å². The third-order valence-electron chi connectivity index (χ3n) is 4.12. The minimum absolute atomic E-state index is 0.00819. The van der Waals surface area contributed by atoms with E-state index in [4.69, 9.17) is 0 Å². The third kappa shape index (κ3) is 4.12. The van der Waals surface area contributed by atoms with E-state index in [0.717, 1.165) is 22.0 Å². The van der Waals surface area contributed by atoms with Gasteiger partial charge in [0.25, 0.3) is 0 Å². The molecule has 1 aromatic heterocycles. The van der Waals surface area contributed by atoms with Gasteiger partial charge in [-0.15, -0.1) is 10.2 Å². The molecule has 0 saturated heterocycles. The molecule has 2 amide bonds. The van der Waals surface area contributed by atoms with Crippen LogP contribution >= 0.6 is 11.3 Å². The molecule has 6 heteroatoms. The molecular weight excluding hydrogens is 320 g/mol. The number of rotatable bonds is 4. The van der Waals surface area contributed by atoms with Crippen molar-refractivity contribution in [2.75, 3.05) is 0 Å². The standard InChI is InChI=1S/C18H24N4OS/c1-18(2,3)16-22-21-15(24-16)11-20-17(23)19-10-12-7-8-13-5-4-6-14(13)9-12/h7-9H,4-6,10-11H2,1-3H3,(H2,19,20,23). The van der Waals surface area contributed by atoms with E-state index in [0.29, 0.717) is 13.1 Å². The van der Waals surface area contributed by atoms with Crippen molar-refractivity contribution in [1.29, 1.82) is 0 Å². The number of nitrogens with zero attached hydrogens (tertiary/aromatic N) is 2. The fourth-order valence-electron chi connectivity index (χ4n) is 2.76. The van der Waals surface area contributed by atoms with Crippen LogP contribution in [0.3, 0.4) is 0 Å². The highest BCUT2D eigenvalue weighted by atomic mass is 32.1. The summed E-state index contributed by atoms with van der Waals surface area (Å²) in [5, 5.41) is 15.9. The van der Waals surface area contributed by atoms with Crippen LogP contribution in [-0.4, -0.2) is 16.2 Å². The molecule has 0 fully saturated rings. The van der Waals surface area contributed by atoms with Gasteiger partial charge in [-0.25, -0.2) is 4.79 Å². The van der Waals surface area contributed by atoms with Gasteiger partial charge in [0, 0.05) is 12.0 Å². The van der Waals surface area contributed by atoms with Crippen molar-refractivity contribution >= 4 is 17.4 Å². The third-order valence-corrected chi connectivity index (χ3v) is 5.47. The molecule has 3 rings (SSSR count). The fraction of sp³-hybridized carbons (Fsp3) is 0.500. The number of fused-ring (bicyclic) bond motifs is 1. The highest BCUT2D eigenvalue weighted by Crippen LogP contribution is 2.25. The number of carbonyl (C=O) groups is 1. The summed E-state index contributed by atoms with van der Waals surface area (Å²) >= 11 is 1.55. The molecule has 2 N–H and O–H groups in total. The van der Waals surface area contributed by atoms with E-state index < -0.39 is 0 Å². The lowest BCUT2D eigenvalue weighted by Gasteiger charge is -2.12. The number of hydrogen-bond donors (Lipinski definition) is 2. The molecule has 0 unspecified atom stereocenters. The van der Waals surface area contributed by atoms with Gasteiger partial charge in [0.15, 0.2) is 0 Å². The van der Waals surface area contributed by atoms with Crippen LogP contribution in [0.15, 0.2) is 18.2 Å². The Balaban J connectivity index is 1.47. The Morgan fingerprint density at radius 2 is 1.88 bits per heavy atom. The van der Waals surface area contributed by atoms with E-state index in [-0.39, 0.29) is 11.4 Å². The molecule has 0 radical (unpaired) electrons. The quantitative estimate of drug-likeness (QED) is 0.894. The maximum Gasteiger partial charge on any atom is 0.315 e. The maximum absolute atomic E-state index is 12.0. The first kappa shape index (κ1) is 16.9. The predicted molar refractivity (Wildman–Crippen MR) is 96.2 cm³/mol. The minimum atomic E-state index is -0.178. The molecule has 2 aromatic rings. The van der Waals surface area contributed by atoms with Gasteiger partial charge in [-0.3, -0.25) is 0 Å². The molecular formula is C18H24N4OS. The summed E-state index contributed by atoms with van der Waals surface area (Å²) in [5.41, 5.74) is 4.02. The topological polar surface area (TPSA) is 66.9 Å². The zero-order chi connectivity index (χ0) is 17.2. The Morgan fingerprint density at radius 1 is 1.12 bits per heavy atom. The fourth-order valence-corrected chi connectivity index (χ4v) is 3.60. The Hall–Kier alpha value is -1.95. The second-order valence-electron chi connectivity index (χ2n) is 7.24. The molecule has 128 valence electrons. The van der Waals surface area contributed by atoms with E-state index in [1.54, 1.807) is 11.3 Å². The Morgan fingerprint density at radius 3 is 2.62 bits per heavy atom. The van der Waals surface area contributed by atoms with Gasteiger partial charge in [-0.1, -0.05) is 50.3 Å². The molecule has 5 nitrogen and oxygen atoms in total. The van der Waals surface area contributed by atoms with E-state index in [9.17, 15) is 4.79 Å². The Kier molecular flexibility index (Phi) is 4.85. The number of aryl methyl sites for hydroxylation is 2. The molecule has 0 spiro atoms. The van der Waals surface area contributed by atoms with Gasteiger partial charge in [0.05, 0.1) is 6.54 Å². The summed E-state index contributed by atoms with van der Waals surface area (Å²) in [4.78, 5) is 12.0. The number of hydrogen-bond acceptors (Lipinski definition) is 4. The molecule has 0 bridgehead atoms. The average molecular weight is 344 g/mol. The maximum atomic E-state index is 12.0. The van der Waals surface area contributed by atoms with Gasteiger partial charge in [0.2, 0.25) is 0 Å². The first-order chi connectivity index (χ1) is 11.4. The molecule has 1 heterocycles. The zero-order valence-electron chi connectivity index (χ0n) is 14.5. The average Bonchev–Trinajstić information content (AvgIpc) is 3.18. The number of carbonyl (C=O) groups excluding carboxylic acids is 1. The number of amides is 2. The Labute approximate surface area is 146 Å². The van der Waals surface area contributed by atoms with Crippen molar-refractivity contribution in [2.45, 2.75) is 58.5 Å². The molecule has 1 aliphatic carbocycles. The highest BCUT2D eigenvalue weighted by molar-refractivity contribution is 7.11. The minimum Gasteiger partial charge on any atom is -0.334 e. The number of aromatic nitrogens is 2.